The van der Waals surface area contributed by atoms with Crippen LogP contribution in [0.4, 0.5) is 0 Å². The van der Waals surface area contributed by atoms with Gasteiger partial charge in [0.2, 0.25) is 0 Å². The molecular weight excluding hydrogens is 268 g/mol. The minimum atomic E-state index is 0.378. The van der Waals surface area contributed by atoms with E-state index in [4.69, 9.17) is 4.74 Å². The topological polar surface area (TPSA) is 12.5 Å². The zero-order chi connectivity index (χ0) is 14.9. The molecule has 1 heteroatoms. The highest BCUT2D eigenvalue weighted by Crippen LogP contribution is 2.65. The van der Waals surface area contributed by atoms with Crippen molar-refractivity contribution in [1.29, 1.82) is 0 Å². The van der Waals surface area contributed by atoms with Crippen molar-refractivity contribution < 1.29 is 4.74 Å². The standard InChI is InChI=1S/C21H32O/c1-3-15-5-7-19-18-6-4-14-12-21(13-22-21)11-9-16(14)17(18)8-10-20(15,19)2/h3,14,16-19H,4-13H2,1-2H3/b15-3-/t14?,16-,17+,18+,19-,20+,21-/m0/s1. The van der Waals surface area contributed by atoms with Crippen molar-refractivity contribution in [2.45, 2.75) is 77.2 Å². The smallest absolute Gasteiger partial charge is 0.0919 e. The molecule has 5 rings (SSSR count). The maximum absolute atomic E-state index is 5.83. The lowest BCUT2D eigenvalue weighted by atomic mass is 9.50. The van der Waals surface area contributed by atoms with Gasteiger partial charge in [-0.15, -0.1) is 0 Å². The normalized spacial score (nSPS) is 58.3. The summed E-state index contributed by atoms with van der Waals surface area (Å²) in [5.74, 6) is 5.17. The van der Waals surface area contributed by atoms with Gasteiger partial charge >= 0.3 is 0 Å². The number of ether oxygens (including phenoxy) is 1. The van der Waals surface area contributed by atoms with Gasteiger partial charge in [0.1, 0.15) is 0 Å². The van der Waals surface area contributed by atoms with Gasteiger partial charge in [0, 0.05) is 0 Å². The molecule has 4 aliphatic carbocycles. The highest BCUT2D eigenvalue weighted by molar-refractivity contribution is 5.23. The van der Waals surface area contributed by atoms with Crippen LogP contribution < -0.4 is 0 Å². The van der Waals surface area contributed by atoms with Crippen LogP contribution in [0, 0.1) is 35.0 Å². The monoisotopic (exact) mass is 300 g/mol. The summed E-state index contributed by atoms with van der Waals surface area (Å²) >= 11 is 0. The van der Waals surface area contributed by atoms with E-state index < -0.39 is 0 Å². The van der Waals surface area contributed by atoms with E-state index >= 15 is 0 Å². The van der Waals surface area contributed by atoms with Crippen molar-refractivity contribution in [1.82, 2.24) is 0 Å². The highest BCUT2D eigenvalue weighted by Gasteiger charge is 2.58. The van der Waals surface area contributed by atoms with Crippen LogP contribution in [0.2, 0.25) is 0 Å². The van der Waals surface area contributed by atoms with Crippen LogP contribution in [0.1, 0.15) is 71.6 Å². The molecule has 0 amide bonds. The van der Waals surface area contributed by atoms with E-state index in [-0.39, 0.29) is 0 Å². The Bertz CT molecular complexity index is 502. The molecule has 22 heavy (non-hydrogen) atoms. The number of fused-ring (bicyclic) bond motifs is 5. The van der Waals surface area contributed by atoms with Gasteiger partial charge in [-0.25, -0.2) is 0 Å². The van der Waals surface area contributed by atoms with Crippen molar-refractivity contribution in [3.05, 3.63) is 11.6 Å². The second kappa shape index (κ2) is 4.62. The molecule has 0 N–H and O–H groups in total. The molecule has 5 fully saturated rings. The lowest BCUT2D eigenvalue weighted by Crippen LogP contribution is -2.48. The van der Waals surface area contributed by atoms with Crippen LogP contribution >= 0.6 is 0 Å². The van der Waals surface area contributed by atoms with E-state index in [0.717, 1.165) is 36.2 Å². The van der Waals surface area contributed by atoms with Crippen molar-refractivity contribution in [2.24, 2.45) is 35.0 Å². The molecule has 1 saturated heterocycles. The molecule has 122 valence electrons. The number of allylic oxidation sites excluding steroid dienone is 2. The molecule has 1 heterocycles. The van der Waals surface area contributed by atoms with Crippen molar-refractivity contribution >= 4 is 0 Å². The maximum Gasteiger partial charge on any atom is 0.0919 e. The Kier molecular flexibility index (Phi) is 2.96. The average Bonchev–Trinajstić information content (AvgIpc) is 3.17. The second-order valence-corrected chi connectivity index (χ2v) is 9.46. The predicted molar refractivity (Wildman–Crippen MR) is 89.6 cm³/mol. The Morgan fingerprint density at radius 3 is 2.59 bits per heavy atom. The van der Waals surface area contributed by atoms with E-state index in [2.05, 4.69) is 19.9 Å². The summed E-state index contributed by atoms with van der Waals surface area (Å²) in [6.45, 7) is 5.97. The fraction of sp³-hybridized carbons (Fsp3) is 0.905. The Morgan fingerprint density at radius 1 is 1.00 bits per heavy atom. The van der Waals surface area contributed by atoms with Gasteiger partial charge in [-0.2, -0.15) is 0 Å². The van der Waals surface area contributed by atoms with Crippen LogP contribution in [0.25, 0.3) is 0 Å². The predicted octanol–water partition coefficient (Wildman–Crippen LogP) is 5.35. The fourth-order valence-electron chi connectivity index (χ4n) is 7.63. The summed E-state index contributed by atoms with van der Waals surface area (Å²) < 4.78 is 5.83. The first-order chi connectivity index (χ1) is 10.7. The van der Waals surface area contributed by atoms with E-state index in [1.54, 1.807) is 5.57 Å². The molecule has 7 atom stereocenters. The largest absolute Gasteiger partial charge is 0.370 e. The average molecular weight is 300 g/mol. The molecule has 1 aliphatic heterocycles. The van der Waals surface area contributed by atoms with Crippen LogP contribution in [0.3, 0.4) is 0 Å². The molecule has 5 aliphatic rings. The lowest BCUT2D eigenvalue weighted by molar-refractivity contribution is -0.0518. The third-order valence-electron chi connectivity index (χ3n) is 8.84. The highest BCUT2D eigenvalue weighted by atomic mass is 16.6. The molecule has 1 unspecified atom stereocenters. The molecule has 4 saturated carbocycles. The summed E-state index contributed by atoms with van der Waals surface area (Å²) in [5, 5.41) is 0. The summed E-state index contributed by atoms with van der Waals surface area (Å²) in [6, 6.07) is 0. The lowest BCUT2D eigenvalue weighted by Gasteiger charge is -2.55. The van der Waals surface area contributed by atoms with E-state index in [1.165, 1.54) is 57.8 Å². The molecule has 1 nitrogen and oxygen atoms in total. The first kappa shape index (κ1) is 14.1. The molecular formula is C21H32O. The van der Waals surface area contributed by atoms with Gasteiger partial charge in [0.05, 0.1) is 12.2 Å². The molecule has 1 spiro atoms. The fourth-order valence-corrected chi connectivity index (χ4v) is 7.63. The van der Waals surface area contributed by atoms with Gasteiger partial charge in [-0.05, 0) is 99.7 Å². The first-order valence-corrected chi connectivity index (χ1v) is 9.95. The Hall–Kier alpha value is -0.300. The second-order valence-electron chi connectivity index (χ2n) is 9.46. The number of hydrogen-bond acceptors (Lipinski definition) is 1. The summed E-state index contributed by atoms with van der Waals surface area (Å²) in [5.41, 5.74) is 2.74. The first-order valence-electron chi connectivity index (χ1n) is 9.95. The molecule has 0 radical (unpaired) electrons. The minimum absolute atomic E-state index is 0.378. The molecule has 0 aromatic rings. The van der Waals surface area contributed by atoms with E-state index in [9.17, 15) is 0 Å². The molecule has 0 bridgehead atoms. The van der Waals surface area contributed by atoms with Crippen LogP contribution in [-0.4, -0.2) is 12.2 Å². The SMILES string of the molecule is C/C=C1/CC[C@H]2[C@@H]3CCC4C[C@@]5(CC[C@@H]4[C@H]3CC[C@]12C)CO5. The number of rotatable bonds is 0. The quantitative estimate of drug-likeness (QED) is 0.434. The van der Waals surface area contributed by atoms with Crippen molar-refractivity contribution in [2.75, 3.05) is 6.61 Å². The van der Waals surface area contributed by atoms with Gasteiger partial charge < -0.3 is 4.74 Å². The minimum Gasteiger partial charge on any atom is -0.370 e. The Morgan fingerprint density at radius 2 is 1.82 bits per heavy atom. The van der Waals surface area contributed by atoms with Crippen molar-refractivity contribution in [3.8, 4) is 0 Å². The summed E-state index contributed by atoms with van der Waals surface area (Å²) in [7, 11) is 0. The van der Waals surface area contributed by atoms with Crippen LogP contribution in [0.15, 0.2) is 11.6 Å². The van der Waals surface area contributed by atoms with Gasteiger partial charge in [-0.1, -0.05) is 18.6 Å². The molecule has 0 aromatic carbocycles. The number of hydrogen-bond donors (Lipinski definition) is 0. The summed E-state index contributed by atoms with van der Waals surface area (Å²) in [4.78, 5) is 0. The van der Waals surface area contributed by atoms with Gasteiger partial charge in [0.25, 0.3) is 0 Å². The Balaban J connectivity index is 1.40. The summed E-state index contributed by atoms with van der Waals surface area (Å²) in [6.07, 6.45) is 15.6. The zero-order valence-corrected chi connectivity index (χ0v) is 14.4. The van der Waals surface area contributed by atoms with E-state index in [1.807, 2.05) is 0 Å². The Labute approximate surface area is 135 Å². The van der Waals surface area contributed by atoms with E-state index in [0.29, 0.717) is 11.0 Å². The van der Waals surface area contributed by atoms with Crippen LogP contribution in [0.5, 0.6) is 0 Å². The third kappa shape index (κ3) is 1.81. The van der Waals surface area contributed by atoms with Gasteiger partial charge in [0.15, 0.2) is 0 Å². The number of epoxide rings is 1. The van der Waals surface area contributed by atoms with Crippen LogP contribution in [-0.2, 0) is 4.74 Å². The van der Waals surface area contributed by atoms with Gasteiger partial charge in [-0.3, -0.25) is 0 Å². The molecule has 0 aromatic heterocycles. The third-order valence-corrected chi connectivity index (χ3v) is 8.84. The maximum atomic E-state index is 5.83. The van der Waals surface area contributed by atoms with Crippen molar-refractivity contribution in [3.63, 3.8) is 0 Å². The zero-order valence-electron chi connectivity index (χ0n) is 14.4.